The maximum atomic E-state index is 5.35. The van der Waals surface area contributed by atoms with E-state index in [1.165, 1.54) is 6.42 Å². The van der Waals surface area contributed by atoms with Crippen LogP contribution in [0.2, 0.25) is 0 Å². The Morgan fingerprint density at radius 2 is 2.18 bits per heavy atom. The van der Waals surface area contributed by atoms with E-state index in [0.29, 0.717) is 0 Å². The second-order valence-electron chi connectivity index (χ2n) is 2.73. The first-order chi connectivity index (χ1) is 5.31. The molecule has 2 nitrogen and oxygen atoms in total. The fraction of sp³-hybridized carbons (Fsp3) is 1.00. The molecule has 0 saturated carbocycles. The van der Waals surface area contributed by atoms with Crippen LogP contribution in [-0.2, 0) is 0 Å². The molecule has 0 heterocycles. The molecule has 0 aromatic carbocycles. The van der Waals surface area contributed by atoms with Crippen LogP contribution in [0.1, 0.15) is 19.8 Å². The van der Waals surface area contributed by atoms with Crippen LogP contribution in [0.15, 0.2) is 0 Å². The Labute approximate surface area is 74.3 Å². The summed E-state index contributed by atoms with van der Waals surface area (Å²) in [5, 5.41) is 4.14. The normalized spacial score (nSPS) is 13.4. The molecule has 0 radical (unpaired) electrons. The summed E-state index contributed by atoms with van der Waals surface area (Å²) in [5.74, 6) is 0. The highest BCUT2D eigenvalue weighted by atomic mass is 32.2. The van der Waals surface area contributed by atoms with Gasteiger partial charge in [-0.15, -0.1) is 0 Å². The van der Waals surface area contributed by atoms with E-state index in [0.717, 1.165) is 31.3 Å². The minimum Gasteiger partial charge on any atom is -0.330 e. The third kappa shape index (κ3) is 8.17. The summed E-state index contributed by atoms with van der Waals surface area (Å²) < 4.78 is 0. The van der Waals surface area contributed by atoms with E-state index in [9.17, 15) is 0 Å². The van der Waals surface area contributed by atoms with Gasteiger partial charge in [-0.25, -0.2) is 0 Å². The molecule has 1 atom stereocenters. The molecular formula is C8H20N2S. The Morgan fingerprint density at radius 1 is 1.45 bits per heavy atom. The second-order valence-corrected chi connectivity index (χ2v) is 4.00. The van der Waals surface area contributed by atoms with Crippen molar-refractivity contribution in [3.8, 4) is 0 Å². The first kappa shape index (κ1) is 11.3. The van der Waals surface area contributed by atoms with Crippen LogP contribution in [0.5, 0.6) is 0 Å². The molecule has 0 saturated heterocycles. The third-order valence-electron chi connectivity index (χ3n) is 1.69. The average Bonchev–Trinajstić information content (AvgIpc) is 2.04. The van der Waals surface area contributed by atoms with E-state index < -0.39 is 0 Å². The van der Waals surface area contributed by atoms with E-state index >= 15 is 0 Å². The topological polar surface area (TPSA) is 38.0 Å². The van der Waals surface area contributed by atoms with Gasteiger partial charge in [0.25, 0.3) is 0 Å². The molecule has 0 aliphatic heterocycles. The highest BCUT2D eigenvalue weighted by Gasteiger charge is 1.96. The minimum absolute atomic E-state index is 0.778. The van der Waals surface area contributed by atoms with Gasteiger partial charge in [-0.3, -0.25) is 0 Å². The fourth-order valence-electron chi connectivity index (χ4n) is 0.775. The Hall–Kier alpha value is 0.270. The zero-order valence-electron chi connectivity index (χ0n) is 7.60. The van der Waals surface area contributed by atoms with Gasteiger partial charge < -0.3 is 11.1 Å². The molecule has 0 spiro atoms. The number of rotatable bonds is 7. The van der Waals surface area contributed by atoms with Crippen LogP contribution >= 0.6 is 11.8 Å². The van der Waals surface area contributed by atoms with Crippen molar-refractivity contribution in [1.29, 1.82) is 0 Å². The number of nitrogens with two attached hydrogens (primary N) is 1. The van der Waals surface area contributed by atoms with Gasteiger partial charge in [-0.2, -0.15) is 11.8 Å². The van der Waals surface area contributed by atoms with E-state index in [-0.39, 0.29) is 0 Å². The summed E-state index contributed by atoms with van der Waals surface area (Å²) in [5.41, 5.74) is 5.35. The summed E-state index contributed by atoms with van der Waals surface area (Å²) >= 11 is 1.92. The number of thioether (sulfide) groups is 1. The van der Waals surface area contributed by atoms with Crippen molar-refractivity contribution in [3.05, 3.63) is 0 Å². The van der Waals surface area contributed by atoms with Gasteiger partial charge in [0.15, 0.2) is 0 Å². The number of hydrogen-bond acceptors (Lipinski definition) is 3. The predicted octanol–water partition coefficient (Wildman–Crippen LogP) is 1.07. The summed E-state index contributed by atoms with van der Waals surface area (Å²) in [6.07, 6.45) is 4.50. The molecule has 1 unspecified atom stereocenters. The van der Waals surface area contributed by atoms with Gasteiger partial charge in [0.1, 0.15) is 0 Å². The standard InChI is InChI=1S/C8H20N2S/c1-8(11-2)4-7-10-6-3-5-9/h8,10H,3-7,9H2,1-2H3. The van der Waals surface area contributed by atoms with Crippen molar-refractivity contribution in [3.63, 3.8) is 0 Å². The SMILES string of the molecule is CSC(C)CCNCCCN. The molecule has 0 aromatic rings. The Bertz CT molecular complexity index is 78.5. The molecule has 0 aromatic heterocycles. The fourth-order valence-corrected chi connectivity index (χ4v) is 1.13. The van der Waals surface area contributed by atoms with E-state index in [1.54, 1.807) is 0 Å². The number of hydrogen-bond donors (Lipinski definition) is 2. The Balaban J connectivity index is 2.89. The van der Waals surface area contributed by atoms with Gasteiger partial charge in [0.05, 0.1) is 0 Å². The lowest BCUT2D eigenvalue weighted by atomic mass is 10.3. The number of nitrogens with one attached hydrogen (secondary N) is 1. The molecule has 0 fully saturated rings. The van der Waals surface area contributed by atoms with Crippen LogP contribution in [0.3, 0.4) is 0 Å². The van der Waals surface area contributed by atoms with Crippen molar-refractivity contribution in [2.75, 3.05) is 25.9 Å². The molecule has 0 aliphatic carbocycles. The van der Waals surface area contributed by atoms with Gasteiger partial charge >= 0.3 is 0 Å². The van der Waals surface area contributed by atoms with Crippen LogP contribution < -0.4 is 11.1 Å². The van der Waals surface area contributed by atoms with Gasteiger partial charge in [-0.1, -0.05) is 6.92 Å². The lowest BCUT2D eigenvalue weighted by Crippen LogP contribution is -2.21. The third-order valence-corrected chi connectivity index (χ3v) is 2.73. The van der Waals surface area contributed by atoms with Crippen molar-refractivity contribution < 1.29 is 0 Å². The smallest absolute Gasteiger partial charge is 0.00280 e. The predicted molar refractivity (Wildman–Crippen MR) is 54.1 cm³/mol. The molecule has 0 aliphatic rings. The molecule has 3 heteroatoms. The first-order valence-electron chi connectivity index (χ1n) is 4.24. The summed E-state index contributed by atoms with van der Waals surface area (Å²) in [6.45, 7) is 5.25. The summed E-state index contributed by atoms with van der Waals surface area (Å²) in [7, 11) is 0. The summed E-state index contributed by atoms with van der Waals surface area (Å²) in [6, 6.07) is 0. The van der Waals surface area contributed by atoms with Crippen molar-refractivity contribution in [1.82, 2.24) is 5.32 Å². The van der Waals surface area contributed by atoms with Gasteiger partial charge in [0, 0.05) is 5.25 Å². The van der Waals surface area contributed by atoms with E-state index in [2.05, 4.69) is 18.5 Å². The molecule has 11 heavy (non-hydrogen) atoms. The van der Waals surface area contributed by atoms with Gasteiger partial charge in [0.2, 0.25) is 0 Å². The van der Waals surface area contributed by atoms with Gasteiger partial charge in [-0.05, 0) is 38.7 Å². The first-order valence-corrected chi connectivity index (χ1v) is 5.53. The average molecular weight is 176 g/mol. The molecular weight excluding hydrogens is 156 g/mol. The van der Waals surface area contributed by atoms with E-state index in [4.69, 9.17) is 5.73 Å². The van der Waals surface area contributed by atoms with Crippen LogP contribution in [0, 0.1) is 0 Å². The van der Waals surface area contributed by atoms with Crippen LogP contribution in [0.4, 0.5) is 0 Å². The molecule has 0 rings (SSSR count). The largest absolute Gasteiger partial charge is 0.330 e. The second kappa shape index (κ2) is 8.37. The molecule has 68 valence electrons. The van der Waals surface area contributed by atoms with Crippen molar-refractivity contribution >= 4 is 11.8 Å². The highest BCUT2D eigenvalue weighted by molar-refractivity contribution is 7.99. The molecule has 3 N–H and O–H groups in total. The maximum absolute atomic E-state index is 5.35. The molecule has 0 bridgehead atoms. The Morgan fingerprint density at radius 3 is 2.73 bits per heavy atom. The quantitative estimate of drug-likeness (QED) is 0.570. The van der Waals surface area contributed by atoms with Crippen LogP contribution in [-0.4, -0.2) is 31.1 Å². The zero-order valence-corrected chi connectivity index (χ0v) is 8.41. The monoisotopic (exact) mass is 176 g/mol. The Kier molecular flexibility index (Phi) is 8.57. The maximum Gasteiger partial charge on any atom is 0.00280 e. The lowest BCUT2D eigenvalue weighted by molar-refractivity contribution is 0.626. The summed E-state index contributed by atoms with van der Waals surface area (Å²) in [4.78, 5) is 0. The lowest BCUT2D eigenvalue weighted by Gasteiger charge is -2.08. The zero-order chi connectivity index (χ0) is 8.53. The molecule has 0 amide bonds. The highest BCUT2D eigenvalue weighted by Crippen LogP contribution is 2.07. The van der Waals surface area contributed by atoms with Crippen molar-refractivity contribution in [2.45, 2.75) is 25.0 Å². The minimum atomic E-state index is 0.778. The van der Waals surface area contributed by atoms with E-state index in [1.807, 2.05) is 11.8 Å². The van der Waals surface area contributed by atoms with Crippen LogP contribution in [0.25, 0.3) is 0 Å². The van der Waals surface area contributed by atoms with Crippen molar-refractivity contribution in [2.24, 2.45) is 5.73 Å².